The van der Waals surface area contributed by atoms with E-state index in [1.807, 2.05) is 84.9 Å². The zero-order valence-electron chi connectivity index (χ0n) is 29.7. The number of rotatable bonds is 17. The molecule has 1 aromatic heterocycles. The highest BCUT2D eigenvalue weighted by molar-refractivity contribution is 5.89. The molecule has 1 heterocycles. The summed E-state index contributed by atoms with van der Waals surface area (Å²) in [5.74, 6) is -0.186. The highest BCUT2D eigenvalue weighted by Crippen LogP contribution is 2.23. The molecular formula is C41H45N5O6. The van der Waals surface area contributed by atoms with Crippen LogP contribution in [-0.2, 0) is 39.5 Å². The van der Waals surface area contributed by atoms with Crippen LogP contribution in [0.3, 0.4) is 0 Å². The first-order valence-corrected chi connectivity index (χ1v) is 17.1. The second-order valence-electron chi connectivity index (χ2n) is 13.0. The molecule has 1 atom stereocenters. The maximum Gasteiger partial charge on any atom is 0.407 e. The van der Waals surface area contributed by atoms with Gasteiger partial charge in [0.2, 0.25) is 11.8 Å². The maximum atomic E-state index is 14.4. The molecule has 0 aliphatic carbocycles. The number of hydrogen-bond acceptors (Lipinski definition) is 7. The van der Waals surface area contributed by atoms with Gasteiger partial charge in [0.1, 0.15) is 24.7 Å². The number of benzene rings is 4. The topological polar surface area (TPSA) is 135 Å². The van der Waals surface area contributed by atoms with Crippen LogP contribution in [0.15, 0.2) is 122 Å². The Kier molecular flexibility index (Phi) is 13.0. The van der Waals surface area contributed by atoms with Crippen LogP contribution in [-0.4, -0.2) is 59.5 Å². The van der Waals surface area contributed by atoms with E-state index in [0.717, 1.165) is 22.3 Å². The van der Waals surface area contributed by atoms with Gasteiger partial charge in [-0.3, -0.25) is 9.59 Å². The Morgan fingerprint density at radius 1 is 0.788 bits per heavy atom. The quantitative estimate of drug-likeness (QED) is 0.106. The van der Waals surface area contributed by atoms with Crippen LogP contribution in [0, 0.1) is 0 Å². The normalized spacial score (nSPS) is 11.6. The molecule has 4 aromatic carbocycles. The molecule has 0 saturated heterocycles. The van der Waals surface area contributed by atoms with Crippen LogP contribution < -0.4 is 20.1 Å². The lowest BCUT2D eigenvalue weighted by Gasteiger charge is -2.29. The lowest BCUT2D eigenvalue weighted by Crippen LogP contribution is -2.46. The monoisotopic (exact) mass is 703 g/mol. The molecule has 0 bridgehead atoms. The lowest BCUT2D eigenvalue weighted by atomic mass is 9.84. The summed E-state index contributed by atoms with van der Waals surface area (Å²) in [5.41, 5.74) is 3.86. The van der Waals surface area contributed by atoms with Crippen LogP contribution in [0.1, 0.15) is 47.7 Å². The molecule has 0 saturated carbocycles. The van der Waals surface area contributed by atoms with Crippen molar-refractivity contribution < 1.29 is 28.6 Å². The van der Waals surface area contributed by atoms with E-state index < -0.39 is 12.0 Å². The van der Waals surface area contributed by atoms with Gasteiger partial charge in [-0.05, 0) is 46.5 Å². The minimum atomic E-state index is -0.877. The Labute approximate surface area is 304 Å². The van der Waals surface area contributed by atoms with E-state index in [2.05, 4.69) is 34.4 Å². The summed E-state index contributed by atoms with van der Waals surface area (Å²) < 4.78 is 16.5. The van der Waals surface area contributed by atoms with Crippen molar-refractivity contribution >= 4 is 17.9 Å². The molecule has 0 unspecified atom stereocenters. The number of hydrogen-bond donors (Lipinski definition) is 3. The van der Waals surface area contributed by atoms with Gasteiger partial charge in [-0.25, -0.2) is 9.78 Å². The number of aromatic nitrogens is 2. The number of nitrogens with zero attached hydrogens (tertiary/aromatic N) is 2. The fourth-order valence-electron chi connectivity index (χ4n) is 5.52. The molecule has 0 aliphatic rings. The highest BCUT2D eigenvalue weighted by Gasteiger charge is 2.30. The summed E-state index contributed by atoms with van der Waals surface area (Å²) in [5, 5.41) is 5.74. The smallest absolute Gasteiger partial charge is 0.407 e. The highest BCUT2D eigenvalue weighted by atomic mass is 16.5. The van der Waals surface area contributed by atoms with Crippen molar-refractivity contribution in [3.8, 4) is 11.5 Å². The maximum absolute atomic E-state index is 14.4. The van der Waals surface area contributed by atoms with E-state index in [4.69, 9.17) is 14.2 Å². The van der Waals surface area contributed by atoms with Crippen LogP contribution in [0.5, 0.6) is 11.5 Å². The molecule has 0 spiro atoms. The fraction of sp³-hybridized carbons (Fsp3) is 0.268. The predicted molar refractivity (Wildman–Crippen MR) is 198 cm³/mol. The number of ether oxygens (including phenoxy) is 3. The molecule has 270 valence electrons. The van der Waals surface area contributed by atoms with Gasteiger partial charge >= 0.3 is 6.09 Å². The molecule has 52 heavy (non-hydrogen) atoms. The number of amides is 3. The van der Waals surface area contributed by atoms with Crippen LogP contribution in [0.25, 0.3) is 0 Å². The van der Waals surface area contributed by atoms with Gasteiger partial charge in [0.05, 0.1) is 25.9 Å². The first-order valence-electron chi connectivity index (χ1n) is 17.1. The number of imidazole rings is 1. The Bertz CT molecular complexity index is 1850. The van der Waals surface area contributed by atoms with Crippen molar-refractivity contribution in [1.82, 2.24) is 25.5 Å². The van der Waals surface area contributed by atoms with Crippen LogP contribution in [0.4, 0.5) is 4.79 Å². The third kappa shape index (κ3) is 10.9. The summed E-state index contributed by atoms with van der Waals surface area (Å²) in [4.78, 5) is 49.2. The van der Waals surface area contributed by atoms with Crippen molar-refractivity contribution in [3.63, 3.8) is 0 Å². The summed E-state index contributed by atoms with van der Waals surface area (Å²) in [6.45, 7) is 4.79. The van der Waals surface area contributed by atoms with E-state index in [1.54, 1.807) is 31.4 Å². The Morgan fingerprint density at radius 2 is 1.42 bits per heavy atom. The summed E-state index contributed by atoms with van der Waals surface area (Å²) >= 11 is 0. The molecule has 3 N–H and O–H groups in total. The van der Waals surface area contributed by atoms with Crippen molar-refractivity contribution in [2.75, 3.05) is 26.7 Å². The van der Waals surface area contributed by atoms with E-state index in [1.165, 1.54) is 17.4 Å². The summed E-state index contributed by atoms with van der Waals surface area (Å²) in [6.07, 6.45) is 2.31. The first-order chi connectivity index (χ1) is 25.2. The van der Waals surface area contributed by atoms with E-state index >= 15 is 0 Å². The molecule has 3 amide bonds. The summed E-state index contributed by atoms with van der Waals surface area (Å²) in [6, 6.07) is 34.4. The van der Waals surface area contributed by atoms with E-state index in [9.17, 15) is 14.4 Å². The molecule has 0 aliphatic heterocycles. The van der Waals surface area contributed by atoms with E-state index in [-0.39, 0.29) is 43.5 Å². The molecule has 5 rings (SSSR count). The molecule has 0 radical (unpaired) electrons. The van der Waals surface area contributed by atoms with Gasteiger partial charge < -0.3 is 34.7 Å². The average Bonchev–Trinajstić information content (AvgIpc) is 3.71. The van der Waals surface area contributed by atoms with Crippen molar-refractivity contribution in [1.29, 1.82) is 0 Å². The van der Waals surface area contributed by atoms with Crippen LogP contribution in [0.2, 0.25) is 0 Å². The predicted octanol–water partition coefficient (Wildman–Crippen LogP) is 6.13. The standard InChI is InChI=1S/C41H45N5O6/c1-41(2,33-12-8-5-9-13-33)28-44-38(47)25-46(24-30-14-20-35(21-15-30)51-26-31-10-6-4-7-11-31)39(48)36(37-23-42-29-45-37)22-43-40(49)52-27-32-16-18-34(50-3)19-17-32/h4-21,23,29,36H,22,24-28H2,1-3H3,(H,42,45)(H,43,49)(H,44,47)/t36-/m0/s1. The molecule has 0 fully saturated rings. The second-order valence-corrected chi connectivity index (χ2v) is 13.0. The first kappa shape index (κ1) is 37.2. The van der Waals surface area contributed by atoms with Crippen molar-refractivity contribution in [2.45, 2.75) is 44.9 Å². The Balaban J connectivity index is 1.28. The van der Waals surface area contributed by atoms with Gasteiger partial charge in [0.15, 0.2) is 0 Å². The zero-order valence-corrected chi connectivity index (χ0v) is 29.7. The van der Waals surface area contributed by atoms with Crippen LogP contribution >= 0.6 is 0 Å². The van der Waals surface area contributed by atoms with Crippen molar-refractivity contribution in [3.05, 3.63) is 150 Å². The molecule has 11 nitrogen and oxygen atoms in total. The lowest BCUT2D eigenvalue weighted by molar-refractivity contribution is -0.138. The number of methoxy groups -OCH3 is 1. The van der Waals surface area contributed by atoms with E-state index in [0.29, 0.717) is 30.3 Å². The number of H-pyrrole nitrogens is 1. The molecule has 11 heteroatoms. The number of nitrogens with one attached hydrogen (secondary N) is 3. The fourth-order valence-corrected chi connectivity index (χ4v) is 5.52. The Morgan fingerprint density at radius 3 is 2.08 bits per heavy atom. The SMILES string of the molecule is COc1ccc(COC(=O)NC[C@H](C(=O)N(CC(=O)NCC(C)(C)c2ccccc2)Cc2ccc(OCc3ccccc3)cc2)c2cnc[nH]2)cc1. The second kappa shape index (κ2) is 18.2. The van der Waals surface area contributed by atoms with Gasteiger partial charge in [-0.1, -0.05) is 98.8 Å². The molecular weight excluding hydrogens is 658 g/mol. The number of alkyl carbamates (subject to hydrolysis) is 1. The number of carbonyl (C=O) groups is 3. The minimum absolute atomic E-state index is 0.0369. The van der Waals surface area contributed by atoms with Gasteiger partial charge in [-0.2, -0.15) is 0 Å². The Hall–Kier alpha value is -6.10. The number of aromatic amines is 1. The minimum Gasteiger partial charge on any atom is -0.497 e. The zero-order chi connectivity index (χ0) is 36.8. The number of carbonyl (C=O) groups excluding carboxylic acids is 3. The van der Waals surface area contributed by atoms with Gasteiger partial charge in [0, 0.05) is 36.9 Å². The molecule has 5 aromatic rings. The largest absolute Gasteiger partial charge is 0.497 e. The van der Waals surface area contributed by atoms with Gasteiger partial charge in [-0.15, -0.1) is 0 Å². The third-order valence-electron chi connectivity index (χ3n) is 8.65. The summed E-state index contributed by atoms with van der Waals surface area (Å²) in [7, 11) is 1.58. The third-order valence-corrected chi connectivity index (χ3v) is 8.65. The average molecular weight is 704 g/mol. The van der Waals surface area contributed by atoms with Crippen molar-refractivity contribution in [2.24, 2.45) is 0 Å². The van der Waals surface area contributed by atoms with Gasteiger partial charge in [0.25, 0.3) is 0 Å².